The molecule has 0 saturated heterocycles. The molecule has 0 radical (unpaired) electrons. The van der Waals surface area contributed by atoms with E-state index in [1.807, 2.05) is 42.5 Å². The number of H-pyrrole nitrogens is 1. The van der Waals surface area contributed by atoms with Crippen molar-refractivity contribution in [2.24, 2.45) is 5.10 Å². The van der Waals surface area contributed by atoms with E-state index in [4.69, 9.17) is 0 Å². The first-order valence-corrected chi connectivity index (χ1v) is 10.3. The lowest BCUT2D eigenvalue weighted by molar-refractivity contribution is 0.819. The third-order valence-electron chi connectivity index (χ3n) is 4.95. The Morgan fingerprint density at radius 3 is 2.72 bits per heavy atom. The van der Waals surface area contributed by atoms with Crippen LogP contribution in [0.2, 0.25) is 0 Å². The Hall–Kier alpha value is -3.51. The summed E-state index contributed by atoms with van der Waals surface area (Å²) >= 11 is 1.56. The van der Waals surface area contributed by atoms with Crippen LogP contribution < -0.4 is 5.56 Å². The van der Waals surface area contributed by atoms with Crippen LogP contribution in [0.4, 0.5) is 0 Å². The monoisotopic (exact) mass is 398 g/mol. The van der Waals surface area contributed by atoms with Gasteiger partial charge in [0, 0.05) is 21.3 Å². The fraction of sp³-hybridized carbons (Fsp3) is 0.0870. The van der Waals surface area contributed by atoms with Crippen LogP contribution in [0.25, 0.3) is 32.4 Å². The van der Waals surface area contributed by atoms with Crippen molar-refractivity contribution in [3.05, 3.63) is 87.8 Å². The predicted octanol–water partition coefficient (Wildman–Crippen LogP) is 5.05. The second-order valence-corrected chi connectivity index (χ2v) is 7.86. The second kappa shape index (κ2) is 7.14. The van der Waals surface area contributed by atoms with Crippen LogP contribution in [0.3, 0.4) is 0 Å². The smallest absolute Gasteiger partial charge is 0.282 e. The highest BCUT2D eigenvalue weighted by Crippen LogP contribution is 2.29. The summed E-state index contributed by atoms with van der Waals surface area (Å²) in [6.07, 6.45) is 4.12. The topological polar surface area (TPSA) is 63.0 Å². The molecule has 0 unspecified atom stereocenters. The van der Waals surface area contributed by atoms with Gasteiger partial charge in [-0.2, -0.15) is 9.78 Å². The van der Waals surface area contributed by atoms with Gasteiger partial charge in [-0.15, -0.1) is 11.3 Å². The highest BCUT2D eigenvalue weighted by molar-refractivity contribution is 7.18. The summed E-state index contributed by atoms with van der Waals surface area (Å²) in [5.74, 6) is 0. The van der Waals surface area contributed by atoms with E-state index in [0.717, 1.165) is 43.9 Å². The second-order valence-electron chi connectivity index (χ2n) is 6.75. The lowest BCUT2D eigenvalue weighted by Gasteiger charge is -2.01. The molecule has 5 aromatic rings. The Balaban J connectivity index is 1.65. The standard InChI is InChI=1S/C23H18N4OS/c1-2-16-12-18-22(29-16)24-14-27(23(18)28)25-13-19-17-10-6-7-11-20(17)26-21(19)15-8-4-3-5-9-15/h3-14,26H,2H2,1H3/b25-13+. The van der Waals surface area contributed by atoms with E-state index >= 15 is 0 Å². The fourth-order valence-corrected chi connectivity index (χ4v) is 4.40. The lowest BCUT2D eigenvalue weighted by atomic mass is 10.1. The van der Waals surface area contributed by atoms with Crippen LogP contribution in [0.15, 0.2) is 76.9 Å². The first-order valence-electron chi connectivity index (χ1n) is 9.45. The zero-order chi connectivity index (χ0) is 19.8. The molecule has 0 atom stereocenters. The number of fused-ring (bicyclic) bond motifs is 2. The van der Waals surface area contributed by atoms with Crippen molar-refractivity contribution in [3.8, 4) is 11.3 Å². The molecule has 0 fully saturated rings. The number of rotatable bonds is 4. The summed E-state index contributed by atoms with van der Waals surface area (Å²) < 4.78 is 1.31. The van der Waals surface area contributed by atoms with Crippen LogP contribution in [0.5, 0.6) is 0 Å². The Kier molecular flexibility index (Phi) is 4.33. The zero-order valence-corrected chi connectivity index (χ0v) is 16.6. The van der Waals surface area contributed by atoms with Crippen molar-refractivity contribution in [2.45, 2.75) is 13.3 Å². The van der Waals surface area contributed by atoms with Crippen molar-refractivity contribution in [2.75, 3.05) is 0 Å². The maximum atomic E-state index is 12.8. The molecule has 0 aliphatic carbocycles. The van der Waals surface area contributed by atoms with E-state index in [0.29, 0.717) is 5.39 Å². The molecule has 2 aromatic carbocycles. The highest BCUT2D eigenvalue weighted by atomic mass is 32.1. The van der Waals surface area contributed by atoms with Gasteiger partial charge in [0.25, 0.3) is 5.56 Å². The van der Waals surface area contributed by atoms with E-state index in [1.165, 1.54) is 11.0 Å². The number of benzene rings is 2. The van der Waals surface area contributed by atoms with Crippen LogP contribution in [-0.2, 0) is 6.42 Å². The van der Waals surface area contributed by atoms with Gasteiger partial charge in [-0.25, -0.2) is 4.98 Å². The Morgan fingerprint density at radius 1 is 1.10 bits per heavy atom. The molecular weight excluding hydrogens is 380 g/mol. The van der Waals surface area contributed by atoms with Gasteiger partial charge in [0.05, 0.1) is 17.3 Å². The molecule has 5 rings (SSSR count). The molecule has 29 heavy (non-hydrogen) atoms. The summed E-state index contributed by atoms with van der Waals surface area (Å²) in [7, 11) is 0. The van der Waals surface area contributed by atoms with E-state index in [2.05, 4.69) is 40.2 Å². The molecule has 0 bridgehead atoms. The van der Waals surface area contributed by atoms with Crippen molar-refractivity contribution in [1.82, 2.24) is 14.6 Å². The number of para-hydroxylation sites is 1. The Bertz CT molecular complexity index is 1410. The van der Waals surface area contributed by atoms with Crippen molar-refractivity contribution in [3.63, 3.8) is 0 Å². The maximum absolute atomic E-state index is 12.8. The molecule has 3 heterocycles. The molecule has 6 heteroatoms. The molecule has 0 saturated carbocycles. The fourth-order valence-electron chi connectivity index (χ4n) is 3.47. The summed E-state index contributed by atoms with van der Waals surface area (Å²) in [4.78, 5) is 22.6. The number of nitrogens with one attached hydrogen (secondary N) is 1. The number of aryl methyl sites for hydroxylation is 1. The van der Waals surface area contributed by atoms with Crippen molar-refractivity contribution in [1.29, 1.82) is 0 Å². The van der Waals surface area contributed by atoms with Gasteiger partial charge >= 0.3 is 0 Å². The van der Waals surface area contributed by atoms with Gasteiger partial charge in [0.1, 0.15) is 11.2 Å². The summed E-state index contributed by atoms with van der Waals surface area (Å²) in [5, 5.41) is 6.15. The normalized spacial score (nSPS) is 11.8. The lowest BCUT2D eigenvalue weighted by Crippen LogP contribution is -2.16. The minimum absolute atomic E-state index is 0.150. The number of hydrogen-bond acceptors (Lipinski definition) is 4. The summed E-state index contributed by atoms with van der Waals surface area (Å²) in [5.41, 5.74) is 3.86. The van der Waals surface area contributed by atoms with Gasteiger partial charge in [-0.3, -0.25) is 4.79 Å². The molecule has 5 nitrogen and oxygen atoms in total. The van der Waals surface area contributed by atoms with Crippen LogP contribution in [0.1, 0.15) is 17.4 Å². The zero-order valence-electron chi connectivity index (χ0n) is 15.8. The van der Waals surface area contributed by atoms with Crippen LogP contribution >= 0.6 is 11.3 Å². The van der Waals surface area contributed by atoms with Crippen molar-refractivity contribution >= 4 is 38.7 Å². The number of hydrogen-bond donors (Lipinski definition) is 1. The van der Waals surface area contributed by atoms with Gasteiger partial charge in [-0.1, -0.05) is 55.5 Å². The largest absolute Gasteiger partial charge is 0.354 e. The van der Waals surface area contributed by atoms with Gasteiger partial charge in [0.15, 0.2) is 0 Å². The van der Waals surface area contributed by atoms with Gasteiger partial charge < -0.3 is 4.98 Å². The van der Waals surface area contributed by atoms with E-state index < -0.39 is 0 Å². The quantitative estimate of drug-likeness (QED) is 0.431. The maximum Gasteiger partial charge on any atom is 0.282 e. The van der Waals surface area contributed by atoms with Gasteiger partial charge in [-0.05, 0) is 24.1 Å². The first-order chi connectivity index (χ1) is 14.2. The third kappa shape index (κ3) is 3.07. The SMILES string of the molecule is CCc1cc2c(=O)n(/N=C/c3c(-c4ccccc4)[nH]c4ccccc34)cnc2s1. The van der Waals surface area contributed by atoms with E-state index in [9.17, 15) is 4.79 Å². The molecule has 0 spiro atoms. The van der Waals surface area contributed by atoms with E-state index in [-0.39, 0.29) is 5.56 Å². The Morgan fingerprint density at radius 2 is 1.90 bits per heavy atom. The average Bonchev–Trinajstić information content (AvgIpc) is 3.36. The van der Waals surface area contributed by atoms with Crippen LogP contribution in [0, 0.1) is 0 Å². The molecule has 0 amide bonds. The summed E-state index contributed by atoms with van der Waals surface area (Å²) in [6, 6.07) is 20.1. The van der Waals surface area contributed by atoms with E-state index in [1.54, 1.807) is 17.6 Å². The minimum atomic E-state index is -0.150. The molecule has 142 valence electrons. The number of nitrogens with zero attached hydrogens (tertiary/aromatic N) is 3. The minimum Gasteiger partial charge on any atom is -0.354 e. The highest BCUT2D eigenvalue weighted by Gasteiger charge is 2.12. The molecular formula is C23H18N4OS. The molecule has 0 aliphatic rings. The van der Waals surface area contributed by atoms with Crippen molar-refractivity contribution < 1.29 is 0 Å². The molecule has 0 aliphatic heterocycles. The number of aromatic amines is 1. The number of thiophene rings is 1. The average molecular weight is 398 g/mol. The predicted molar refractivity (Wildman–Crippen MR) is 120 cm³/mol. The van der Waals surface area contributed by atoms with Gasteiger partial charge in [0.2, 0.25) is 0 Å². The molecule has 3 aromatic heterocycles. The summed E-state index contributed by atoms with van der Waals surface area (Å²) in [6.45, 7) is 2.07. The van der Waals surface area contributed by atoms with Crippen LogP contribution in [-0.4, -0.2) is 20.9 Å². The first kappa shape index (κ1) is 17.6. The number of aromatic nitrogens is 3. The Labute approximate surface area is 171 Å². The molecule has 1 N–H and O–H groups in total. The third-order valence-corrected chi connectivity index (χ3v) is 6.14.